The molecule has 0 radical (unpaired) electrons. The van der Waals surface area contributed by atoms with Crippen LogP contribution in [0.3, 0.4) is 0 Å². The SMILES string of the molecule is CC(=O)N1c2ccc(F)cc2N(C(=O)OC(C)(C)C)C[C@@H]1C. The topological polar surface area (TPSA) is 49.9 Å². The van der Waals surface area contributed by atoms with Gasteiger partial charge in [0, 0.05) is 13.5 Å². The number of hydrogen-bond donors (Lipinski definition) is 0. The number of anilines is 2. The molecule has 1 aliphatic rings. The number of carbonyl (C=O) groups excluding carboxylic acids is 2. The molecule has 0 unspecified atom stereocenters. The summed E-state index contributed by atoms with van der Waals surface area (Å²) >= 11 is 0. The Morgan fingerprint density at radius 2 is 1.91 bits per heavy atom. The molecular weight excluding hydrogens is 287 g/mol. The number of rotatable bonds is 0. The van der Waals surface area contributed by atoms with Crippen LogP contribution in [-0.4, -0.2) is 30.2 Å². The zero-order chi connectivity index (χ0) is 16.7. The first-order chi connectivity index (χ1) is 10.1. The van der Waals surface area contributed by atoms with E-state index in [1.54, 1.807) is 25.7 Å². The second-order valence-electron chi connectivity index (χ2n) is 6.46. The van der Waals surface area contributed by atoms with E-state index >= 15 is 0 Å². The number of nitrogens with zero attached hydrogens (tertiary/aromatic N) is 2. The predicted octanol–water partition coefficient (Wildman–Crippen LogP) is 3.32. The number of benzene rings is 1. The number of halogens is 1. The summed E-state index contributed by atoms with van der Waals surface area (Å²) in [4.78, 5) is 27.2. The molecule has 22 heavy (non-hydrogen) atoms. The molecule has 0 bridgehead atoms. The Bertz CT molecular complexity index is 610. The van der Waals surface area contributed by atoms with Gasteiger partial charge in [0.15, 0.2) is 0 Å². The number of ether oxygens (including phenoxy) is 1. The lowest BCUT2D eigenvalue weighted by atomic mass is 10.1. The fourth-order valence-corrected chi connectivity index (χ4v) is 2.57. The van der Waals surface area contributed by atoms with Crippen molar-refractivity contribution in [2.24, 2.45) is 0 Å². The van der Waals surface area contributed by atoms with Crippen LogP contribution in [0.15, 0.2) is 18.2 Å². The Morgan fingerprint density at radius 3 is 2.45 bits per heavy atom. The van der Waals surface area contributed by atoms with Crippen molar-refractivity contribution in [1.29, 1.82) is 0 Å². The number of amides is 2. The minimum Gasteiger partial charge on any atom is -0.443 e. The zero-order valence-corrected chi connectivity index (χ0v) is 13.5. The normalized spacial score (nSPS) is 18.0. The Morgan fingerprint density at radius 1 is 1.27 bits per heavy atom. The van der Waals surface area contributed by atoms with E-state index in [-0.39, 0.29) is 18.5 Å². The summed E-state index contributed by atoms with van der Waals surface area (Å²) in [5.74, 6) is -0.616. The predicted molar refractivity (Wildman–Crippen MR) is 82.6 cm³/mol. The Balaban J connectivity index is 2.46. The van der Waals surface area contributed by atoms with E-state index in [2.05, 4.69) is 0 Å². The number of fused-ring (bicyclic) bond motifs is 1. The summed E-state index contributed by atoms with van der Waals surface area (Å²) < 4.78 is 19.0. The molecule has 6 heteroatoms. The van der Waals surface area contributed by atoms with Crippen molar-refractivity contribution in [1.82, 2.24) is 0 Å². The summed E-state index contributed by atoms with van der Waals surface area (Å²) in [7, 11) is 0. The lowest BCUT2D eigenvalue weighted by Gasteiger charge is -2.40. The summed E-state index contributed by atoms with van der Waals surface area (Å²) in [6, 6.07) is 3.82. The van der Waals surface area contributed by atoms with Gasteiger partial charge in [-0.2, -0.15) is 0 Å². The molecule has 5 nitrogen and oxygen atoms in total. The molecule has 0 N–H and O–H groups in total. The van der Waals surface area contributed by atoms with Crippen LogP contribution in [0.4, 0.5) is 20.6 Å². The van der Waals surface area contributed by atoms with E-state index in [1.807, 2.05) is 6.92 Å². The molecule has 0 saturated heterocycles. The van der Waals surface area contributed by atoms with Crippen molar-refractivity contribution in [2.45, 2.75) is 46.3 Å². The maximum absolute atomic E-state index is 13.6. The third-order valence-corrected chi connectivity index (χ3v) is 3.33. The Labute approximate surface area is 129 Å². The molecule has 0 aliphatic carbocycles. The van der Waals surface area contributed by atoms with Crippen molar-refractivity contribution >= 4 is 23.4 Å². The van der Waals surface area contributed by atoms with Crippen molar-refractivity contribution in [3.05, 3.63) is 24.0 Å². The zero-order valence-electron chi connectivity index (χ0n) is 13.5. The van der Waals surface area contributed by atoms with Gasteiger partial charge in [-0.3, -0.25) is 9.69 Å². The van der Waals surface area contributed by atoms with Gasteiger partial charge in [0.2, 0.25) is 5.91 Å². The van der Waals surface area contributed by atoms with Crippen LogP contribution in [0.25, 0.3) is 0 Å². The molecule has 1 aromatic rings. The molecule has 1 heterocycles. The molecule has 1 aromatic carbocycles. The first-order valence-corrected chi connectivity index (χ1v) is 7.20. The van der Waals surface area contributed by atoms with E-state index in [0.717, 1.165) is 0 Å². The third kappa shape index (κ3) is 3.21. The summed E-state index contributed by atoms with van der Waals surface area (Å²) in [6.07, 6.45) is -0.547. The highest BCUT2D eigenvalue weighted by Gasteiger charge is 2.35. The highest BCUT2D eigenvalue weighted by atomic mass is 19.1. The maximum Gasteiger partial charge on any atom is 0.414 e. The number of hydrogen-bond acceptors (Lipinski definition) is 3. The second kappa shape index (κ2) is 5.59. The van der Waals surface area contributed by atoms with Gasteiger partial charge in [-0.05, 0) is 45.9 Å². The molecule has 120 valence electrons. The van der Waals surface area contributed by atoms with Gasteiger partial charge < -0.3 is 9.64 Å². The van der Waals surface area contributed by atoms with Gasteiger partial charge in [0.25, 0.3) is 0 Å². The lowest BCUT2D eigenvalue weighted by molar-refractivity contribution is -0.117. The van der Waals surface area contributed by atoms with Crippen molar-refractivity contribution in [3.63, 3.8) is 0 Å². The quantitative estimate of drug-likeness (QED) is 0.738. The van der Waals surface area contributed by atoms with Crippen LogP contribution in [0.5, 0.6) is 0 Å². The molecule has 1 aliphatic heterocycles. The van der Waals surface area contributed by atoms with Gasteiger partial charge in [-0.25, -0.2) is 9.18 Å². The molecule has 0 aromatic heterocycles. The molecule has 0 spiro atoms. The molecule has 2 amide bonds. The fraction of sp³-hybridized carbons (Fsp3) is 0.500. The van der Waals surface area contributed by atoms with Crippen molar-refractivity contribution < 1.29 is 18.7 Å². The van der Waals surface area contributed by atoms with E-state index in [4.69, 9.17) is 4.74 Å². The first kappa shape index (κ1) is 16.3. The molecule has 1 atom stereocenters. The third-order valence-electron chi connectivity index (χ3n) is 3.33. The number of carbonyl (C=O) groups is 2. The van der Waals surface area contributed by atoms with Crippen LogP contribution in [0, 0.1) is 5.82 Å². The van der Waals surface area contributed by atoms with Gasteiger partial charge in [0.1, 0.15) is 11.4 Å². The standard InChI is InChI=1S/C16H21FN2O3/c1-10-9-18(15(21)22-16(3,4)5)14-8-12(17)6-7-13(14)19(10)11(2)20/h6-8,10H,9H2,1-5H3/t10-/m0/s1. The highest BCUT2D eigenvalue weighted by Crippen LogP contribution is 2.37. The van der Waals surface area contributed by atoms with Gasteiger partial charge in [-0.15, -0.1) is 0 Å². The summed E-state index contributed by atoms with van der Waals surface area (Å²) in [6.45, 7) is 8.86. The highest BCUT2D eigenvalue weighted by molar-refractivity contribution is 6.02. The second-order valence-corrected chi connectivity index (χ2v) is 6.46. The van der Waals surface area contributed by atoms with E-state index in [1.165, 1.54) is 30.0 Å². The average molecular weight is 308 g/mol. The Kier molecular flexibility index (Phi) is 4.13. The van der Waals surface area contributed by atoms with E-state index < -0.39 is 17.5 Å². The minimum atomic E-state index is -0.647. The molecular formula is C16H21FN2O3. The lowest BCUT2D eigenvalue weighted by Crippen LogP contribution is -2.52. The van der Waals surface area contributed by atoms with E-state index in [9.17, 15) is 14.0 Å². The molecule has 2 rings (SSSR count). The first-order valence-electron chi connectivity index (χ1n) is 7.20. The van der Waals surface area contributed by atoms with Crippen molar-refractivity contribution in [2.75, 3.05) is 16.3 Å². The van der Waals surface area contributed by atoms with Crippen molar-refractivity contribution in [3.8, 4) is 0 Å². The summed E-state index contributed by atoms with van der Waals surface area (Å²) in [5, 5.41) is 0. The average Bonchev–Trinajstić information content (AvgIpc) is 2.35. The van der Waals surface area contributed by atoms with Gasteiger partial charge in [-0.1, -0.05) is 0 Å². The van der Waals surface area contributed by atoms with Crippen LogP contribution in [-0.2, 0) is 9.53 Å². The minimum absolute atomic E-state index is 0.149. The monoisotopic (exact) mass is 308 g/mol. The Hall–Kier alpha value is -2.11. The summed E-state index contributed by atoms with van der Waals surface area (Å²) in [5.41, 5.74) is 0.215. The largest absolute Gasteiger partial charge is 0.443 e. The van der Waals surface area contributed by atoms with Crippen LogP contribution in [0.2, 0.25) is 0 Å². The molecule has 0 saturated carbocycles. The van der Waals surface area contributed by atoms with Gasteiger partial charge >= 0.3 is 6.09 Å². The molecule has 0 fully saturated rings. The van der Waals surface area contributed by atoms with Crippen LogP contribution < -0.4 is 9.80 Å². The fourth-order valence-electron chi connectivity index (χ4n) is 2.57. The van der Waals surface area contributed by atoms with Crippen LogP contribution >= 0.6 is 0 Å². The van der Waals surface area contributed by atoms with Crippen LogP contribution in [0.1, 0.15) is 34.6 Å². The van der Waals surface area contributed by atoms with E-state index in [0.29, 0.717) is 11.4 Å². The maximum atomic E-state index is 13.6. The van der Waals surface area contributed by atoms with Gasteiger partial charge in [0.05, 0.1) is 17.4 Å². The smallest absolute Gasteiger partial charge is 0.414 e.